The summed E-state index contributed by atoms with van der Waals surface area (Å²) in [5.41, 5.74) is 1.51. The van der Waals surface area contributed by atoms with Crippen LogP contribution in [0.2, 0.25) is 0 Å². The van der Waals surface area contributed by atoms with Crippen LogP contribution in [-0.4, -0.2) is 22.8 Å². The smallest absolute Gasteiger partial charge is 0.155 e. The first-order valence-corrected chi connectivity index (χ1v) is 9.70. The van der Waals surface area contributed by atoms with E-state index in [-0.39, 0.29) is 22.5 Å². The van der Waals surface area contributed by atoms with E-state index in [1.54, 1.807) is 6.92 Å². The topological polar surface area (TPSA) is 54.4 Å². The van der Waals surface area contributed by atoms with Gasteiger partial charge in [0, 0.05) is 12.3 Å². The molecule has 0 amide bonds. The fourth-order valence-electron chi connectivity index (χ4n) is 7.31. The zero-order valence-corrected chi connectivity index (χ0v) is 15.2. The van der Waals surface area contributed by atoms with Crippen molar-refractivity contribution < 1.29 is 14.7 Å². The second-order valence-electron chi connectivity index (χ2n) is 9.40. The fourth-order valence-corrected chi connectivity index (χ4v) is 7.31. The molecule has 3 fully saturated rings. The molecule has 0 aliphatic heterocycles. The Morgan fingerprint density at radius 1 is 1.17 bits per heavy atom. The van der Waals surface area contributed by atoms with Crippen molar-refractivity contribution in [3.63, 3.8) is 0 Å². The number of Topliss-reactive ketones (excluding diaryl/α,β-unsaturated/α-hetero) is 1. The lowest BCUT2D eigenvalue weighted by Gasteiger charge is -2.57. The molecule has 0 spiro atoms. The number of hydrogen-bond acceptors (Lipinski definition) is 3. The van der Waals surface area contributed by atoms with Gasteiger partial charge in [0.05, 0.1) is 6.10 Å². The highest BCUT2D eigenvalue weighted by Crippen LogP contribution is 2.66. The van der Waals surface area contributed by atoms with Crippen LogP contribution in [0.1, 0.15) is 65.7 Å². The Morgan fingerprint density at radius 3 is 2.62 bits per heavy atom. The van der Waals surface area contributed by atoms with Gasteiger partial charge in [0.1, 0.15) is 5.78 Å². The largest absolute Gasteiger partial charge is 0.392 e. The standard InChI is InChI=1S/C21H30O3/c1-12(22)19-18(24)11-17-15-5-4-13-10-14(23)6-8-20(13,2)16(15)7-9-21(17,19)3/h10,15-19,24H,4-9,11H2,1-3H3/t15-,16+,17+,18-,19+,20+,21+/m0/s1. The lowest BCUT2D eigenvalue weighted by molar-refractivity contribution is -0.131. The summed E-state index contributed by atoms with van der Waals surface area (Å²) in [6.07, 6.45) is 8.26. The number of fused-ring (bicyclic) bond motifs is 5. The maximum absolute atomic E-state index is 12.2. The van der Waals surface area contributed by atoms with Crippen LogP contribution in [0.4, 0.5) is 0 Å². The van der Waals surface area contributed by atoms with Crippen molar-refractivity contribution in [2.24, 2.45) is 34.5 Å². The van der Waals surface area contributed by atoms with Gasteiger partial charge < -0.3 is 5.11 Å². The minimum absolute atomic E-state index is 0.0333. The predicted molar refractivity (Wildman–Crippen MR) is 92.3 cm³/mol. The summed E-state index contributed by atoms with van der Waals surface area (Å²) in [6, 6.07) is 0. The van der Waals surface area contributed by atoms with Crippen molar-refractivity contribution in [1.82, 2.24) is 0 Å². The quantitative estimate of drug-likeness (QED) is 0.797. The van der Waals surface area contributed by atoms with Gasteiger partial charge in [0.2, 0.25) is 0 Å². The van der Waals surface area contributed by atoms with Gasteiger partial charge in [-0.25, -0.2) is 0 Å². The molecule has 132 valence electrons. The van der Waals surface area contributed by atoms with Gasteiger partial charge in [-0.15, -0.1) is 0 Å². The van der Waals surface area contributed by atoms with Gasteiger partial charge in [-0.05, 0) is 80.1 Å². The van der Waals surface area contributed by atoms with Gasteiger partial charge in [0.15, 0.2) is 5.78 Å². The Balaban J connectivity index is 1.69. The average Bonchev–Trinajstić information content (AvgIpc) is 2.78. The van der Waals surface area contributed by atoms with E-state index in [2.05, 4.69) is 13.8 Å². The molecular weight excluding hydrogens is 300 g/mol. The molecule has 1 N–H and O–H groups in total. The second kappa shape index (κ2) is 5.27. The first kappa shape index (κ1) is 16.5. The molecule has 3 nitrogen and oxygen atoms in total. The van der Waals surface area contributed by atoms with Gasteiger partial charge in [-0.1, -0.05) is 19.4 Å². The van der Waals surface area contributed by atoms with E-state index in [4.69, 9.17) is 0 Å². The summed E-state index contributed by atoms with van der Waals surface area (Å²) in [5.74, 6) is 1.95. The Labute approximate surface area is 144 Å². The Hall–Kier alpha value is -0.960. The van der Waals surface area contributed by atoms with Crippen molar-refractivity contribution in [2.75, 3.05) is 0 Å². The summed E-state index contributed by atoms with van der Waals surface area (Å²) < 4.78 is 0. The monoisotopic (exact) mass is 330 g/mol. The normalized spacial score (nSPS) is 50.6. The molecule has 3 saturated carbocycles. The van der Waals surface area contributed by atoms with Crippen LogP contribution in [0.15, 0.2) is 11.6 Å². The second-order valence-corrected chi connectivity index (χ2v) is 9.40. The molecule has 4 rings (SSSR count). The molecule has 0 aromatic rings. The summed E-state index contributed by atoms with van der Waals surface area (Å²) in [4.78, 5) is 24.1. The molecule has 0 unspecified atom stereocenters. The van der Waals surface area contributed by atoms with Crippen LogP contribution in [-0.2, 0) is 9.59 Å². The van der Waals surface area contributed by atoms with Crippen molar-refractivity contribution in [1.29, 1.82) is 0 Å². The van der Waals surface area contributed by atoms with E-state index in [1.807, 2.05) is 6.08 Å². The van der Waals surface area contributed by atoms with E-state index in [0.29, 0.717) is 30.0 Å². The number of allylic oxidation sites excluding steroid dienone is 1. The van der Waals surface area contributed by atoms with Crippen LogP contribution < -0.4 is 0 Å². The predicted octanol–water partition coefficient (Wildman–Crippen LogP) is 3.69. The molecule has 7 atom stereocenters. The molecule has 0 radical (unpaired) electrons. The summed E-state index contributed by atoms with van der Waals surface area (Å²) in [7, 11) is 0. The average molecular weight is 330 g/mol. The fraction of sp³-hybridized carbons (Fsp3) is 0.810. The van der Waals surface area contributed by atoms with Gasteiger partial charge in [-0.2, -0.15) is 0 Å². The number of rotatable bonds is 1. The van der Waals surface area contributed by atoms with Crippen molar-refractivity contribution in [2.45, 2.75) is 71.8 Å². The van der Waals surface area contributed by atoms with E-state index >= 15 is 0 Å². The SMILES string of the molecule is CC(=O)[C@@H]1[C@@H](O)C[C@@H]2[C@H]3CCC4=CC(=O)CC[C@@]4(C)[C@@H]3CC[C@]21C. The van der Waals surface area contributed by atoms with Crippen molar-refractivity contribution >= 4 is 11.6 Å². The maximum Gasteiger partial charge on any atom is 0.155 e. The molecule has 24 heavy (non-hydrogen) atoms. The number of aliphatic hydroxyl groups is 1. The number of aliphatic hydroxyl groups excluding tert-OH is 1. The van der Waals surface area contributed by atoms with Gasteiger partial charge in [0.25, 0.3) is 0 Å². The van der Waals surface area contributed by atoms with Crippen LogP contribution in [0.5, 0.6) is 0 Å². The third kappa shape index (κ3) is 2.06. The van der Waals surface area contributed by atoms with E-state index in [1.165, 1.54) is 5.57 Å². The minimum atomic E-state index is -0.464. The summed E-state index contributed by atoms with van der Waals surface area (Å²) >= 11 is 0. The summed E-state index contributed by atoms with van der Waals surface area (Å²) in [6.45, 7) is 6.29. The Bertz CT molecular complexity index is 621. The molecule has 0 heterocycles. The zero-order valence-electron chi connectivity index (χ0n) is 15.2. The number of carbonyl (C=O) groups excluding carboxylic acids is 2. The molecule has 4 aliphatic rings. The van der Waals surface area contributed by atoms with Gasteiger partial charge in [-0.3, -0.25) is 9.59 Å². The van der Waals surface area contributed by atoms with E-state index < -0.39 is 6.10 Å². The molecule has 3 heteroatoms. The lowest BCUT2D eigenvalue weighted by Crippen LogP contribution is -2.51. The molecule has 0 bridgehead atoms. The highest BCUT2D eigenvalue weighted by Gasteiger charge is 2.62. The first-order chi connectivity index (χ1) is 11.3. The van der Waals surface area contributed by atoms with E-state index in [0.717, 1.165) is 38.5 Å². The number of hydrogen-bond donors (Lipinski definition) is 1. The molecule has 4 aliphatic carbocycles. The van der Waals surface area contributed by atoms with Crippen LogP contribution >= 0.6 is 0 Å². The Kier molecular flexibility index (Phi) is 3.62. The highest BCUT2D eigenvalue weighted by atomic mass is 16.3. The van der Waals surface area contributed by atoms with Gasteiger partial charge >= 0.3 is 0 Å². The molecule has 0 aromatic heterocycles. The van der Waals surface area contributed by atoms with Crippen LogP contribution in [0.25, 0.3) is 0 Å². The highest BCUT2D eigenvalue weighted by molar-refractivity contribution is 5.91. The van der Waals surface area contributed by atoms with Crippen molar-refractivity contribution in [3.8, 4) is 0 Å². The lowest BCUT2D eigenvalue weighted by atomic mass is 9.46. The van der Waals surface area contributed by atoms with Crippen LogP contribution in [0, 0.1) is 34.5 Å². The summed E-state index contributed by atoms with van der Waals surface area (Å²) in [5, 5.41) is 10.6. The van der Waals surface area contributed by atoms with Crippen LogP contribution in [0.3, 0.4) is 0 Å². The maximum atomic E-state index is 12.2. The number of carbonyl (C=O) groups is 2. The number of ketones is 2. The first-order valence-electron chi connectivity index (χ1n) is 9.70. The van der Waals surface area contributed by atoms with Crippen molar-refractivity contribution in [3.05, 3.63) is 11.6 Å². The Morgan fingerprint density at radius 2 is 1.92 bits per heavy atom. The minimum Gasteiger partial charge on any atom is -0.392 e. The molecule has 0 aromatic carbocycles. The third-order valence-corrected chi connectivity index (χ3v) is 8.43. The molecule has 0 saturated heterocycles. The zero-order chi connectivity index (χ0) is 17.3. The third-order valence-electron chi connectivity index (χ3n) is 8.43. The molecular formula is C21H30O3. The van der Waals surface area contributed by atoms with E-state index in [9.17, 15) is 14.7 Å².